The van der Waals surface area contributed by atoms with Crippen LogP contribution >= 0.6 is 0 Å². The Kier molecular flexibility index (Phi) is 3.40. The lowest BCUT2D eigenvalue weighted by Gasteiger charge is -2.19. The Morgan fingerprint density at radius 1 is 0.808 bits per heavy atom. The molecule has 1 aromatic heterocycles. The normalized spacial score (nSPS) is 16.7. The lowest BCUT2D eigenvalue weighted by Crippen LogP contribution is -2.36. The Morgan fingerprint density at radius 2 is 1.58 bits per heavy atom. The van der Waals surface area contributed by atoms with E-state index in [1.165, 1.54) is 27.5 Å². The molecule has 3 aromatic carbocycles. The van der Waals surface area contributed by atoms with E-state index in [0.717, 1.165) is 11.1 Å². The number of benzene rings is 3. The van der Waals surface area contributed by atoms with Gasteiger partial charge in [-0.05, 0) is 53.7 Å². The van der Waals surface area contributed by atoms with Crippen molar-refractivity contribution in [2.24, 2.45) is 5.73 Å². The smallest absolute Gasteiger partial charge is 0.101 e. The lowest BCUT2D eigenvalue weighted by atomic mass is 9.99. The summed E-state index contributed by atoms with van der Waals surface area (Å²) >= 11 is 0. The van der Waals surface area contributed by atoms with Gasteiger partial charge in [0.1, 0.15) is 6.17 Å². The minimum atomic E-state index is -0.181. The average molecular weight is 337 g/mol. The zero-order chi connectivity index (χ0) is 17.5. The molecular formula is C23H19N3. The Morgan fingerprint density at radius 3 is 2.42 bits per heavy atom. The molecule has 1 aliphatic rings. The molecule has 2 heterocycles. The number of nitrogens with one attached hydrogen (secondary N) is 1. The molecule has 0 amide bonds. The number of para-hydroxylation sites is 2. The second-order valence-electron chi connectivity index (χ2n) is 6.55. The van der Waals surface area contributed by atoms with Crippen LogP contribution in [0.2, 0.25) is 0 Å². The molecule has 3 heteroatoms. The summed E-state index contributed by atoms with van der Waals surface area (Å²) in [7, 11) is 0. The second kappa shape index (κ2) is 5.90. The van der Waals surface area contributed by atoms with Crippen molar-refractivity contribution >= 4 is 27.4 Å². The van der Waals surface area contributed by atoms with Gasteiger partial charge in [0, 0.05) is 16.5 Å². The minimum absolute atomic E-state index is 0.181. The maximum Gasteiger partial charge on any atom is 0.101 e. The largest absolute Gasteiger partial charge is 0.372 e. The van der Waals surface area contributed by atoms with Crippen LogP contribution < -0.4 is 11.1 Å². The van der Waals surface area contributed by atoms with E-state index < -0.39 is 0 Å². The third kappa shape index (κ3) is 2.25. The van der Waals surface area contributed by atoms with Crippen LogP contribution in [0.25, 0.3) is 33.1 Å². The van der Waals surface area contributed by atoms with Crippen LogP contribution in [0.3, 0.4) is 0 Å². The van der Waals surface area contributed by atoms with E-state index in [0.29, 0.717) is 0 Å². The van der Waals surface area contributed by atoms with Crippen molar-refractivity contribution in [3.05, 3.63) is 96.7 Å². The van der Waals surface area contributed by atoms with Gasteiger partial charge in [0.25, 0.3) is 0 Å². The Balaban J connectivity index is 1.81. The summed E-state index contributed by atoms with van der Waals surface area (Å²) in [6.45, 7) is 0. The predicted octanol–water partition coefficient (Wildman–Crippen LogP) is 4.57. The van der Waals surface area contributed by atoms with E-state index >= 15 is 0 Å². The maximum absolute atomic E-state index is 6.23. The topological polar surface area (TPSA) is 43.0 Å². The molecule has 26 heavy (non-hydrogen) atoms. The van der Waals surface area contributed by atoms with Gasteiger partial charge in [0.05, 0.1) is 11.0 Å². The van der Waals surface area contributed by atoms with Crippen LogP contribution in [0.15, 0.2) is 91.1 Å². The zero-order valence-corrected chi connectivity index (χ0v) is 14.3. The second-order valence-corrected chi connectivity index (χ2v) is 6.55. The summed E-state index contributed by atoms with van der Waals surface area (Å²) < 4.78 is 2.32. The van der Waals surface area contributed by atoms with E-state index in [2.05, 4.69) is 82.7 Å². The third-order valence-corrected chi connectivity index (χ3v) is 5.00. The number of aromatic nitrogens is 1. The molecule has 0 saturated carbocycles. The highest BCUT2D eigenvalue weighted by atomic mass is 15.0. The van der Waals surface area contributed by atoms with Crippen molar-refractivity contribution in [3.63, 3.8) is 0 Å². The van der Waals surface area contributed by atoms with Crippen molar-refractivity contribution in [2.45, 2.75) is 6.17 Å². The summed E-state index contributed by atoms with van der Waals surface area (Å²) in [6, 6.07) is 25.7. The van der Waals surface area contributed by atoms with Crippen molar-refractivity contribution in [1.29, 1.82) is 0 Å². The van der Waals surface area contributed by atoms with Gasteiger partial charge in [-0.1, -0.05) is 48.5 Å². The molecule has 0 spiro atoms. The highest BCUT2D eigenvalue weighted by molar-refractivity contribution is 6.10. The standard InChI is InChI=1S/C23H19N3/c24-23-18(10-6-14-25-23)16-12-13-22-20(15-16)19-9-4-5-11-21(19)26(22)17-7-2-1-3-8-17/h1-15,23,25H,24H2. The Labute approximate surface area is 152 Å². The highest BCUT2D eigenvalue weighted by Gasteiger charge is 2.16. The Hall–Kier alpha value is -3.30. The minimum Gasteiger partial charge on any atom is -0.372 e. The van der Waals surface area contributed by atoms with Gasteiger partial charge in [-0.25, -0.2) is 0 Å². The van der Waals surface area contributed by atoms with Gasteiger partial charge in [0.15, 0.2) is 0 Å². The molecule has 1 unspecified atom stereocenters. The summed E-state index contributed by atoms with van der Waals surface area (Å²) in [5.41, 5.74) is 12.1. The van der Waals surface area contributed by atoms with E-state index in [1.54, 1.807) is 0 Å². The lowest BCUT2D eigenvalue weighted by molar-refractivity contribution is 0.745. The van der Waals surface area contributed by atoms with Crippen LogP contribution in [0, 0.1) is 0 Å². The quantitative estimate of drug-likeness (QED) is 0.563. The number of hydrogen-bond acceptors (Lipinski definition) is 2. The predicted molar refractivity (Wildman–Crippen MR) is 109 cm³/mol. The molecule has 126 valence electrons. The Bertz CT molecular complexity index is 1170. The van der Waals surface area contributed by atoms with Crippen molar-refractivity contribution in [3.8, 4) is 5.69 Å². The molecule has 3 N–H and O–H groups in total. The number of fused-ring (bicyclic) bond motifs is 3. The maximum atomic E-state index is 6.23. The summed E-state index contributed by atoms with van der Waals surface area (Å²) in [5.74, 6) is 0. The number of nitrogens with two attached hydrogens (primary N) is 1. The first kappa shape index (κ1) is 15.0. The molecule has 0 saturated heterocycles. The molecule has 1 aliphatic heterocycles. The number of hydrogen-bond donors (Lipinski definition) is 2. The van der Waals surface area contributed by atoms with Gasteiger partial charge < -0.3 is 15.6 Å². The van der Waals surface area contributed by atoms with Crippen LogP contribution in [-0.4, -0.2) is 10.7 Å². The summed E-state index contributed by atoms with van der Waals surface area (Å²) in [4.78, 5) is 0. The molecular weight excluding hydrogens is 318 g/mol. The number of rotatable bonds is 2. The van der Waals surface area contributed by atoms with Gasteiger partial charge in [0.2, 0.25) is 0 Å². The summed E-state index contributed by atoms with van der Waals surface area (Å²) in [5, 5.41) is 5.66. The number of nitrogens with zero attached hydrogens (tertiary/aromatic N) is 1. The van der Waals surface area contributed by atoms with E-state index in [-0.39, 0.29) is 6.17 Å². The molecule has 1 atom stereocenters. The molecule has 3 nitrogen and oxygen atoms in total. The van der Waals surface area contributed by atoms with Crippen LogP contribution in [-0.2, 0) is 0 Å². The van der Waals surface area contributed by atoms with Gasteiger partial charge in [-0.15, -0.1) is 0 Å². The third-order valence-electron chi connectivity index (χ3n) is 5.00. The first-order chi connectivity index (χ1) is 12.8. The van der Waals surface area contributed by atoms with E-state index in [9.17, 15) is 0 Å². The van der Waals surface area contributed by atoms with Crippen LogP contribution in [0.4, 0.5) is 0 Å². The van der Waals surface area contributed by atoms with Crippen LogP contribution in [0.1, 0.15) is 5.56 Å². The molecule has 0 aliphatic carbocycles. The fraction of sp³-hybridized carbons (Fsp3) is 0.0435. The summed E-state index contributed by atoms with van der Waals surface area (Å²) in [6.07, 6.45) is 5.78. The molecule has 0 fully saturated rings. The molecule has 0 radical (unpaired) electrons. The van der Waals surface area contributed by atoms with Gasteiger partial charge >= 0.3 is 0 Å². The fourth-order valence-corrected chi connectivity index (χ4v) is 3.79. The first-order valence-corrected chi connectivity index (χ1v) is 8.80. The number of dihydropyridines is 1. The number of allylic oxidation sites excluding steroid dienone is 2. The molecule has 0 bridgehead atoms. The van der Waals surface area contributed by atoms with Crippen molar-refractivity contribution < 1.29 is 0 Å². The fourth-order valence-electron chi connectivity index (χ4n) is 3.79. The van der Waals surface area contributed by atoms with Gasteiger partial charge in [-0.2, -0.15) is 0 Å². The van der Waals surface area contributed by atoms with E-state index in [4.69, 9.17) is 5.73 Å². The van der Waals surface area contributed by atoms with Crippen LogP contribution in [0.5, 0.6) is 0 Å². The van der Waals surface area contributed by atoms with Crippen molar-refractivity contribution in [2.75, 3.05) is 0 Å². The first-order valence-electron chi connectivity index (χ1n) is 8.80. The average Bonchev–Trinajstić information content (AvgIpc) is 3.03. The van der Waals surface area contributed by atoms with Crippen molar-refractivity contribution in [1.82, 2.24) is 9.88 Å². The molecule has 5 rings (SSSR count). The SMILES string of the molecule is NC1NC=CC=C1c1ccc2c(c1)c1ccccc1n2-c1ccccc1. The van der Waals surface area contributed by atoms with Gasteiger partial charge in [-0.3, -0.25) is 0 Å². The molecule has 4 aromatic rings. The zero-order valence-electron chi connectivity index (χ0n) is 14.3. The highest BCUT2D eigenvalue weighted by Crippen LogP contribution is 2.34. The monoisotopic (exact) mass is 337 g/mol. The van der Waals surface area contributed by atoms with E-state index in [1.807, 2.05) is 18.3 Å².